The van der Waals surface area contributed by atoms with Crippen LogP contribution in [-0.2, 0) is 0 Å². The summed E-state index contributed by atoms with van der Waals surface area (Å²) in [7, 11) is 0. The minimum Gasteiger partial charge on any atom is -0.330 e. The van der Waals surface area contributed by atoms with Crippen molar-refractivity contribution in [3.05, 3.63) is 47.3 Å². The first-order chi connectivity index (χ1) is 9.67. The summed E-state index contributed by atoms with van der Waals surface area (Å²) in [6, 6.07) is 4.15. The van der Waals surface area contributed by atoms with E-state index in [1.165, 1.54) is 16.7 Å². The molecule has 0 bridgehead atoms. The van der Waals surface area contributed by atoms with E-state index < -0.39 is 0 Å². The average molecular weight is 274 g/mol. The number of pyridine rings is 1. The average Bonchev–Trinajstić information content (AvgIpc) is 2.48. The van der Waals surface area contributed by atoms with Crippen LogP contribution in [0.3, 0.4) is 0 Å². The van der Waals surface area contributed by atoms with E-state index in [1.54, 1.807) is 0 Å². The molecule has 0 spiro atoms. The second-order valence-electron chi connectivity index (χ2n) is 4.66. The Kier molecular flexibility index (Phi) is 10.6. The SMILES string of the molecule is C/C=C(\C=C(/C)c1cc(C)ccn1)CCCCN.CC. The van der Waals surface area contributed by atoms with Gasteiger partial charge >= 0.3 is 0 Å². The minimum atomic E-state index is 0.777. The molecule has 20 heavy (non-hydrogen) atoms. The van der Waals surface area contributed by atoms with Crippen LogP contribution < -0.4 is 5.73 Å². The Morgan fingerprint density at radius 2 is 2.00 bits per heavy atom. The third kappa shape index (κ3) is 7.25. The second-order valence-corrected chi connectivity index (χ2v) is 4.66. The van der Waals surface area contributed by atoms with Gasteiger partial charge in [0, 0.05) is 6.20 Å². The molecule has 0 saturated carbocycles. The molecule has 0 fully saturated rings. The Morgan fingerprint density at radius 1 is 1.30 bits per heavy atom. The third-order valence-electron chi connectivity index (χ3n) is 3.01. The molecule has 1 heterocycles. The van der Waals surface area contributed by atoms with E-state index >= 15 is 0 Å². The van der Waals surface area contributed by atoms with Crippen LogP contribution in [0, 0.1) is 6.92 Å². The zero-order valence-corrected chi connectivity index (χ0v) is 13.7. The van der Waals surface area contributed by atoms with Crippen LogP contribution in [0.1, 0.15) is 58.2 Å². The molecule has 112 valence electrons. The number of hydrogen-bond acceptors (Lipinski definition) is 2. The first-order valence-corrected chi connectivity index (χ1v) is 7.64. The van der Waals surface area contributed by atoms with Gasteiger partial charge in [-0.05, 0) is 69.8 Å². The van der Waals surface area contributed by atoms with E-state index in [0.29, 0.717) is 0 Å². The van der Waals surface area contributed by atoms with Crippen molar-refractivity contribution < 1.29 is 0 Å². The van der Waals surface area contributed by atoms with Gasteiger partial charge in [-0.2, -0.15) is 0 Å². The fourth-order valence-corrected chi connectivity index (χ4v) is 1.88. The Labute approximate surface area is 124 Å². The van der Waals surface area contributed by atoms with E-state index in [-0.39, 0.29) is 0 Å². The standard InChI is InChI=1S/C16H24N2.C2H6/c1-4-15(7-5-6-9-17)12-14(3)16-11-13(2)8-10-18-16;1-2/h4,8,10-12H,5-7,9,17H2,1-3H3;1-2H3/b14-12+,15-4-;. The summed E-state index contributed by atoms with van der Waals surface area (Å²) in [5.41, 5.74) is 10.4. The van der Waals surface area contributed by atoms with Gasteiger partial charge in [0.1, 0.15) is 0 Å². The topological polar surface area (TPSA) is 38.9 Å². The summed E-state index contributed by atoms with van der Waals surface area (Å²) >= 11 is 0. The molecule has 0 aliphatic carbocycles. The molecule has 1 rings (SSSR count). The molecule has 0 unspecified atom stereocenters. The molecule has 2 heteroatoms. The lowest BCUT2D eigenvalue weighted by Crippen LogP contribution is -1.98. The van der Waals surface area contributed by atoms with Crippen LogP contribution in [0.25, 0.3) is 5.57 Å². The van der Waals surface area contributed by atoms with Crippen LogP contribution in [0.2, 0.25) is 0 Å². The molecule has 0 radical (unpaired) electrons. The Bertz CT molecular complexity index is 431. The molecule has 0 atom stereocenters. The maximum absolute atomic E-state index is 5.52. The number of aromatic nitrogens is 1. The number of allylic oxidation sites excluding steroid dienone is 4. The number of unbranched alkanes of at least 4 members (excludes halogenated alkanes) is 1. The van der Waals surface area contributed by atoms with Crippen molar-refractivity contribution in [2.24, 2.45) is 5.73 Å². The highest BCUT2D eigenvalue weighted by Gasteiger charge is 1.99. The first kappa shape index (κ1) is 18.6. The highest BCUT2D eigenvalue weighted by molar-refractivity contribution is 5.63. The van der Waals surface area contributed by atoms with Crippen molar-refractivity contribution in [2.45, 2.75) is 53.9 Å². The summed E-state index contributed by atoms with van der Waals surface area (Å²) in [5.74, 6) is 0. The van der Waals surface area contributed by atoms with Gasteiger partial charge < -0.3 is 5.73 Å². The summed E-state index contributed by atoms with van der Waals surface area (Å²) in [4.78, 5) is 4.41. The third-order valence-corrected chi connectivity index (χ3v) is 3.01. The van der Waals surface area contributed by atoms with Crippen molar-refractivity contribution in [3.8, 4) is 0 Å². The minimum absolute atomic E-state index is 0.777. The maximum atomic E-state index is 5.52. The lowest BCUT2D eigenvalue weighted by molar-refractivity contribution is 0.746. The lowest BCUT2D eigenvalue weighted by atomic mass is 10.0. The van der Waals surface area contributed by atoms with E-state index in [2.05, 4.69) is 44.0 Å². The largest absolute Gasteiger partial charge is 0.330 e. The van der Waals surface area contributed by atoms with Crippen LogP contribution in [0.15, 0.2) is 36.1 Å². The molecule has 0 aromatic carbocycles. The highest BCUT2D eigenvalue weighted by atomic mass is 14.7. The number of nitrogens with two attached hydrogens (primary N) is 1. The number of hydrogen-bond donors (Lipinski definition) is 1. The molecule has 1 aromatic rings. The highest BCUT2D eigenvalue weighted by Crippen LogP contribution is 2.17. The maximum Gasteiger partial charge on any atom is 0.0661 e. The van der Waals surface area contributed by atoms with Crippen LogP contribution in [0.5, 0.6) is 0 Å². The predicted octanol–water partition coefficient (Wildman–Crippen LogP) is 4.89. The molecule has 0 amide bonds. The monoisotopic (exact) mass is 274 g/mol. The smallest absolute Gasteiger partial charge is 0.0661 e. The summed E-state index contributed by atoms with van der Waals surface area (Å²) in [5, 5.41) is 0. The molecule has 0 aliphatic heterocycles. The van der Waals surface area contributed by atoms with Crippen molar-refractivity contribution >= 4 is 5.57 Å². The van der Waals surface area contributed by atoms with Crippen molar-refractivity contribution in [2.75, 3.05) is 6.54 Å². The number of nitrogens with zero attached hydrogens (tertiary/aromatic N) is 1. The molecule has 0 aliphatic rings. The first-order valence-electron chi connectivity index (χ1n) is 7.64. The van der Waals surface area contributed by atoms with Gasteiger partial charge in [-0.3, -0.25) is 4.98 Å². The summed E-state index contributed by atoms with van der Waals surface area (Å²) < 4.78 is 0. The van der Waals surface area contributed by atoms with Gasteiger partial charge in [0.05, 0.1) is 5.69 Å². The van der Waals surface area contributed by atoms with Crippen LogP contribution >= 0.6 is 0 Å². The number of aryl methyl sites for hydroxylation is 1. The summed E-state index contributed by atoms with van der Waals surface area (Å²) in [6.07, 6.45) is 9.62. The second kappa shape index (κ2) is 11.4. The van der Waals surface area contributed by atoms with Gasteiger partial charge in [0.25, 0.3) is 0 Å². The molecular formula is C18H30N2. The fraction of sp³-hybridized carbons (Fsp3) is 0.500. The van der Waals surface area contributed by atoms with Gasteiger partial charge in [-0.1, -0.05) is 31.6 Å². The summed E-state index contributed by atoms with van der Waals surface area (Å²) in [6.45, 7) is 11.1. The molecule has 2 nitrogen and oxygen atoms in total. The quantitative estimate of drug-likeness (QED) is 0.592. The molecule has 0 saturated heterocycles. The predicted molar refractivity (Wildman–Crippen MR) is 90.6 cm³/mol. The Morgan fingerprint density at radius 3 is 2.55 bits per heavy atom. The van der Waals surface area contributed by atoms with Crippen molar-refractivity contribution in [3.63, 3.8) is 0 Å². The normalized spacial score (nSPS) is 11.9. The zero-order chi connectivity index (χ0) is 15.4. The van der Waals surface area contributed by atoms with Gasteiger partial charge in [-0.15, -0.1) is 0 Å². The molecule has 2 N–H and O–H groups in total. The van der Waals surface area contributed by atoms with Gasteiger partial charge in [0.2, 0.25) is 0 Å². The van der Waals surface area contributed by atoms with E-state index in [0.717, 1.165) is 31.5 Å². The Balaban J connectivity index is 0.00000172. The van der Waals surface area contributed by atoms with Gasteiger partial charge in [-0.25, -0.2) is 0 Å². The van der Waals surface area contributed by atoms with E-state index in [1.807, 2.05) is 26.1 Å². The molecular weight excluding hydrogens is 244 g/mol. The lowest BCUT2D eigenvalue weighted by Gasteiger charge is -2.05. The van der Waals surface area contributed by atoms with Gasteiger partial charge in [0.15, 0.2) is 0 Å². The van der Waals surface area contributed by atoms with Crippen molar-refractivity contribution in [1.29, 1.82) is 0 Å². The zero-order valence-electron chi connectivity index (χ0n) is 13.7. The van der Waals surface area contributed by atoms with Crippen LogP contribution in [-0.4, -0.2) is 11.5 Å². The van der Waals surface area contributed by atoms with Crippen molar-refractivity contribution in [1.82, 2.24) is 4.98 Å². The molecule has 1 aromatic heterocycles. The number of rotatable bonds is 6. The fourth-order valence-electron chi connectivity index (χ4n) is 1.88. The van der Waals surface area contributed by atoms with E-state index in [9.17, 15) is 0 Å². The van der Waals surface area contributed by atoms with E-state index in [4.69, 9.17) is 5.73 Å². The Hall–Kier alpha value is -1.41. The van der Waals surface area contributed by atoms with Crippen LogP contribution in [0.4, 0.5) is 0 Å².